The van der Waals surface area contributed by atoms with Gasteiger partial charge >= 0.3 is 0 Å². The van der Waals surface area contributed by atoms with Gasteiger partial charge < -0.3 is 19.5 Å². The molecule has 1 aromatic heterocycles. The number of amides is 1. The molecule has 1 aliphatic rings. The van der Waals surface area contributed by atoms with Crippen molar-refractivity contribution in [3.05, 3.63) is 36.7 Å². The lowest BCUT2D eigenvalue weighted by atomic mass is 10.1. The molecule has 6 nitrogen and oxygen atoms in total. The highest BCUT2D eigenvalue weighted by Gasteiger charge is 2.23. The molecule has 1 amide bonds. The van der Waals surface area contributed by atoms with E-state index < -0.39 is 0 Å². The Morgan fingerprint density at radius 3 is 2.88 bits per heavy atom. The van der Waals surface area contributed by atoms with Gasteiger partial charge in [0.25, 0.3) is 0 Å². The molecule has 3 rings (SSSR count). The number of nitrogens with zero attached hydrogens (tertiary/aromatic N) is 3. The van der Waals surface area contributed by atoms with E-state index in [0.29, 0.717) is 5.92 Å². The number of likely N-dealkylation sites (tertiary alicyclic amines) is 1. The number of nitrogens with one attached hydrogen (secondary N) is 1. The molecule has 0 radical (unpaired) electrons. The summed E-state index contributed by atoms with van der Waals surface area (Å²) in [5.74, 6) is 1.56. The zero-order valence-electron chi connectivity index (χ0n) is 14.9. The van der Waals surface area contributed by atoms with Gasteiger partial charge in [-0.15, -0.1) is 0 Å². The average Bonchev–Trinajstić information content (AvgIpc) is 3.23. The Balaban J connectivity index is 1.64. The van der Waals surface area contributed by atoms with Gasteiger partial charge in [0.1, 0.15) is 5.82 Å². The summed E-state index contributed by atoms with van der Waals surface area (Å²) < 4.78 is 7.41. The van der Waals surface area contributed by atoms with E-state index in [0.717, 1.165) is 49.9 Å². The molecule has 0 spiro atoms. The highest BCUT2D eigenvalue weighted by atomic mass is 16.5. The molecule has 1 saturated heterocycles. The SMILES string of the molecule is COCCN1CC[C@H](Cn2ccnc2-c2ccc(NC(C)=O)cc2)C1. The first-order valence-electron chi connectivity index (χ1n) is 8.76. The summed E-state index contributed by atoms with van der Waals surface area (Å²) in [7, 11) is 1.75. The van der Waals surface area contributed by atoms with Gasteiger partial charge in [0.15, 0.2) is 0 Å². The van der Waals surface area contributed by atoms with Crippen LogP contribution in [0, 0.1) is 5.92 Å². The van der Waals surface area contributed by atoms with Crippen LogP contribution < -0.4 is 5.32 Å². The van der Waals surface area contributed by atoms with Crippen molar-refractivity contribution in [1.29, 1.82) is 0 Å². The average molecular weight is 342 g/mol. The van der Waals surface area contributed by atoms with Crippen molar-refractivity contribution in [1.82, 2.24) is 14.5 Å². The van der Waals surface area contributed by atoms with E-state index >= 15 is 0 Å². The molecule has 0 bridgehead atoms. The van der Waals surface area contributed by atoms with Crippen molar-refractivity contribution in [2.75, 3.05) is 38.7 Å². The van der Waals surface area contributed by atoms with E-state index in [4.69, 9.17) is 4.74 Å². The number of anilines is 1. The van der Waals surface area contributed by atoms with Gasteiger partial charge in [-0.05, 0) is 43.1 Å². The fourth-order valence-corrected chi connectivity index (χ4v) is 3.39. The molecule has 0 aliphatic carbocycles. The summed E-state index contributed by atoms with van der Waals surface area (Å²) in [4.78, 5) is 18.1. The number of hydrogen-bond acceptors (Lipinski definition) is 4. The van der Waals surface area contributed by atoms with Crippen molar-refractivity contribution < 1.29 is 9.53 Å². The lowest BCUT2D eigenvalue weighted by Gasteiger charge is -2.16. The molecule has 1 fully saturated rings. The second-order valence-corrected chi connectivity index (χ2v) is 6.61. The largest absolute Gasteiger partial charge is 0.383 e. The number of hydrogen-bond donors (Lipinski definition) is 1. The molecule has 0 saturated carbocycles. The summed E-state index contributed by atoms with van der Waals surface area (Å²) in [6, 6.07) is 7.84. The second kappa shape index (κ2) is 8.27. The Bertz CT molecular complexity index is 696. The Morgan fingerprint density at radius 1 is 1.36 bits per heavy atom. The number of carbonyl (C=O) groups is 1. The van der Waals surface area contributed by atoms with Crippen LogP contribution in [-0.2, 0) is 16.1 Å². The van der Waals surface area contributed by atoms with Crippen LogP contribution in [0.15, 0.2) is 36.7 Å². The zero-order chi connectivity index (χ0) is 17.6. The van der Waals surface area contributed by atoms with Crippen LogP contribution in [-0.4, -0.2) is 53.7 Å². The first-order chi connectivity index (χ1) is 12.2. The second-order valence-electron chi connectivity index (χ2n) is 6.61. The summed E-state index contributed by atoms with van der Waals surface area (Å²) in [6.07, 6.45) is 5.12. The Kier molecular flexibility index (Phi) is 5.83. The maximum atomic E-state index is 11.1. The van der Waals surface area contributed by atoms with E-state index in [1.807, 2.05) is 30.5 Å². The van der Waals surface area contributed by atoms with Crippen LogP contribution in [0.5, 0.6) is 0 Å². The topological polar surface area (TPSA) is 59.4 Å². The van der Waals surface area contributed by atoms with Gasteiger partial charge in [0.2, 0.25) is 5.91 Å². The molecule has 1 N–H and O–H groups in total. The molecule has 2 heterocycles. The van der Waals surface area contributed by atoms with Crippen molar-refractivity contribution >= 4 is 11.6 Å². The van der Waals surface area contributed by atoms with E-state index in [1.54, 1.807) is 7.11 Å². The normalized spacial score (nSPS) is 17.8. The maximum Gasteiger partial charge on any atom is 0.221 e. The number of imidazole rings is 1. The Morgan fingerprint density at radius 2 is 2.16 bits per heavy atom. The highest BCUT2D eigenvalue weighted by molar-refractivity contribution is 5.88. The Hall–Kier alpha value is -2.18. The first-order valence-corrected chi connectivity index (χ1v) is 8.76. The van der Waals surface area contributed by atoms with Crippen molar-refractivity contribution in [2.45, 2.75) is 19.9 Å². The fraction of sp³-hybridized carbons (Fsp3) is 0.474. The van der Waals surface area contributed by atoms with Gasteiger partial charge in [0, 0.05) is 57.3 Å². The fourth-order valence-electron chi connectivity index (χ4n) is 3.39. The van der Waals surface area contributed by atoms with E-state index in [-0.39, 0.29) is 5.91 Å². The third-order valence-electron chi connectivity index (χ3n) is 4.62. The quantitative estimate of drug-likeness (QED) is 0.840. The van der Waals surface area contributed by atoms with Gasteiger partial charge in [0.05, 0.1) is 6.61 Å². The molecule has 0 unspecified atom stereocenters. The van der Waals surface area contributed by atoms with Crippen LogP contribution in [0.3, 0.4) is 0 Å². The summed E-state index contributed by atoms with van der Waals surface area (Å²) in [5, 5.41) is 2.79. The molecule has 2 aromatic rings. The number of aromatic nitrogens is 2. The lowest BCUT2D eigenvalue weighted by Crippen LogP contribution is -2.25. The molecule has 1 aliphatic heterocycles. The molecular weight excluding hydrogens is 316 g/mol. The minimum atomic E-state index is -0.0616. The van der Waals surface area contributed by atoms with Crippen molar-refractivity contribution in [3.8, 4) is 11.4 Å². The molecule has 25 heavy (non-hydrogen) atoms. The predicted molar refractivity (Wildman–Crippen MR) is 98.4 cm³/mol. The van der Waals surface area contributed by atoms with Crippen LogP contribution >= 0.6 is 0 Å². The van der Waals surface area contributed by atoms with Crippen molar-refractivity contribution in [3.63, 3.8) is 0 Å². The number of rotatable bonds is 7. The lowest BCUT2D eigenvalue weighted by molar-refractivity contribution is -0.114. The van der Waals surface area contributed by atoms with E-state index in [1.165, 1.54) is 13.3 Å². The molecule has 1 aromatic carbocycles. The molecule has 1 atom stereocenters. The molecule has 134 valence electrons. The van der Waals surface area contributed by atoms with Gasteiger partial charge in [-0.2, -0.15) is 0 Å². The minimum absolute atomic E-state index is 0.0616. The van der Waals surface area contributed by atoms with Crippen LogP contribution in [0.4, 0.5) is 5.69 Å². The third-order valence-corrected chi connectivity index (χ3v) is 4.62. The third kappa shape index (κ3) is 4.67. The van der Waals surface area contributed by atoms with E-state index in [2.05, 4.69) is 26.0 Å². The summed E-state index contributed by atoms with van der Waals surface area (Å²) in [5.41, 5.74) is 1.87. The van der Waals surface area contributed by atoms with Gasteiger partial charge in [-0.1, -0.05) is 0 Å². The predicted octanol–water partition coefficient (Wildman–Crippen LogP) is 2.48. The standard InChI is InChI=1S/C19H26N4O2/c1-15(24)21-18-5-3-17(4-6-18)19-20-8-10-23(19)14-16-7-9-22(13-16)11-12-25-2/h3-6,8,10,16H,7,9,11-14H2,1-2H3,(H,21,24)/t16-/m0/s1. The number of ether oxygens (including phenoxy) is 1. The van der Waals surface area contributed by atoms with E-state index in [9.17, 15) is 4.79 Å². The first kappa shape index (κ1) is 17.6. The van der Waals surface area contributed by atoms with Crippen LogP contribution in [0.25, 0.3) is 11.4 Å². The van der Waals surface area contributed by atoms with Gasteiger partial charge in [-0.3, -0.25) is 4.79 Å². The Labute approximate surface area is 148 Å². The zero-order valence-corrected chi connectivity index (χ0v) is 14.9. The monoisotopic (exact) mass is 342 g/mol. The van der Waals surface area contributed by atoms with Crippen molar-refractivity contribution in [2.24, 2.45) is 5.92 Å². The highest BCUT2D eigenvalue weighted by Crippen LogP contribution is 2.24. The van der Waals surface area contributed by atoms with Crippen LogP contribution in [0.1, 0.15) is 13.3 Å². The minimum Gasteiger partial charge on any atom is -0.383 e. The number of benzene rings is 1. The summed E-state index contributed by atoms with van der Waals surface area (Å²) in [6.45, 7) is 6.55. The molecule has 6 heteroatoms. The van der Waals surface area contributed by atoms with Gasteiger partial charge in [-0.25, -0.2) is 4.98 Å². The molecular formula is C19H26N4O2. The van der Waals surface area contributed by atoms with Crippen LogP contribution in [0.2, 0.25) is 0 Å². The maximum absolute atomic E-state index is 11.1. The smallest absolute Gasteiger partial charge is 0.221 e. The number of methoxy groups -OCH3 is 1. The number of carbonyl (C=O) groups excluding carboxylic acids is 1. The summed E-state index contributed by atoms with van der Waals surface area (Å²) >= 11 is 0.